The van der Waals surface area contributed by atoms with Crippen molar-refractivity contribution in [1.82, 2.24) is 19.9 Å². The van der Waals surface area contributed by atoms with Crippen LogP contribution in [0.15, 0.2) is 203 Å². The molecule has 272 valence electrons. The first-order valence-electron chi connectivity index (χ1n) is 19.2. The largest absolute Gasteiger partial charge is 0.456 e. The predicted octanol–water partition coefficient (Wildman–Crippen LogP) is 13.6. The number of oxazole rings is 1. The molecule has 3 aromatic heterocycles. The molecule has 0 spiro atoms. The Balaban J connectivity index is 1.00. The molecule has 0 saturated heterocycles. The maximum Gasteiger partial charge on any atom is 0.227 e. The van der Waals surface area contributed by atoms with Crippen LogP contribution < -0.4 is 0 Å². The number of furan rings is 1. The van der Waals surface area contributed by atoms with E-state index in [0.29, 0.717) is 23.4 Å². The molecule has 3 heterocycles. The number of rotatable bonds is 7. The zero-order chi connectivity index (χ0) is 38.4. The number of nitrogens with zero attached hydrogens (tertiary/aromatic N) is 4. The van der Waals surface area contributed by atoms with Crippen LogP contribution in [0.5, 0.6) is 0 Å². The zero-order valence-electron chi connectivity index (χ0n) is 31.1. The van der Waals surface area contributed by atoms with Gasteiger partial charge in [0.15, 0.2) is 23.1 Å². The van der Waals surface area contributed by atoms with Crippen LogP contribution in [0.2, 0.25) is 0 Å². The van der Waals surface area contributed by atoms with Gasteiger partial charge in [0.25, 0.3) is 0 Å². The van der Waals surface area contributed by atoms with E-state index in [-0.39, 0.29) is 0 Å². The lowest BCUT2D eigenvalue weighted by Crippen LogP contribution is -2.00. The Morgan fingerprint density at radius 1 is 0.276 bits per heavy atom. The van der Waals surface area contributed by atoms with Crippen LogP contribution in [0, 0.1) is 0 Å². The summed E-state index contributed by atoms with van der Waals surface area (Å²) >= 11 is 0. The third-order valence-electron chi connectivity index (χ3n) is 10.6. The van der Waals surface area contributed by atoms with Crippen LogP contribution in [0.4, 0.5) is 0 Å². The van der Waals surface area contributed by atoms with Crippen LogP contribution in [0.25, 0.3) is 112 Å². The highest BCUT2D eigenvalue weighted by Crippen LogP contribution is 2.36. The van der Waals surface area contributed by atoms with Crippen molar-refractivity contribution in [1.29, 1.82) is 0 Å². The summed E-state index contributed by atoms with van der Waals surface area (Å²) in [6.45, 7) is 0. The quantitative estimate of drug-likeness (QED) is 0.162. The molecule has 11 aromatic rings. The second-order valence-corrected chi connectivity index (χ2v) is 14.3. The van der Waals surface area contributed by atoms with Gasteiger partial charge in [-0.15, -0.1) is 0 Å². The average Bonchev–Trinajstić information content (AvgIpc) is 3.92. The van der Waals surface area contributed by atoms with Crippen LogP contribution in [-0.4, -0.2) is 19.9 Å². The molecular weight excluding hydrogens is 713 g/mol. The average molecular weight is 745 g/mol. The van der Waals surface area contributed by atoms with E-state index >= 15 is 0 Å². The van der Waals surface area contributed by atoms with Gasteiger partial charge in [-0.1, -0.05) is 140 Å². The Hall–Kier alpha value is -7.96. The highest BCUT2D eigenvalue weighted by atomic mass is 16.3. The molecule has 0 aliphatic heterocycles. The van der Waals surface area contributed by atoms with Gasteiger partial charge in [0.05, 0.1) is 0 Å². The molecule has 0 aliphatic carbocycles. The summed E-state index contributed by atoms with van der Waals surface area (Å²) in [6, 6.07) is 66.0. The molecule has 0 bridgehead atoms. The Bertz CT molecular complexity index is 3280. The molecule has 8 aromatic carbocycles. The smallest absolute Gasteiger partial charge is 0.227 e. The van der Waals surface area contributed by atoms with E-state index in [1.807, 2.05) is 78.9 Å². The minimum atomic E-state index is 0.585. The molecular formula is C52H32N4O2. The first-order valence-corrected chi connectivity index (χ1v) is 19.2. The van der Waals surface area contributed by atoms with Crippen molar-refractivity contribution < 1.29 is 8.83 Å². The summed E-state index contributed by atoms with van der Waals surface area (Å²) in [7, 11) is 0. The number of fused-ring (bicyclic) bond motifs is 4. The zero-order valence-corrected chi connectivity index (χ0v) is 31.1. The van der Waals surface area contributed by atoms with E-state index in [1.54, 1.807) is 0 Å². The van der Waals surface area contributed by atoms with E-state index in [0.717, 1.165) is 88.7 Å². The molecule has 0 aliphatic rings. The number of benzene rings is 8. The van der Waals surface area contributed by atoms with Gasteiger partial charge in [0, 0.05) is 38.6 Å². The highest BCUT2D eigenvalue weighted by Gasteiger charge is 2.17. The Labute approximate surface area is 333 Å². The fourth-order valence-electron chi connectivity index (χ4n) is 7.66. The van der Waals surface area contributed by atoms with Crippen LogP contribution in [0.1, 0.15) is 0 Å². The Morgan fingerprint density at radius 3 is 1.53 bits per heavy atom. The molecule has 6 nitrogen and oxygen atoms in total. The molecule has 0 N–H and O–H groups in total. The van der Waals surface area contributed by atoms with Crippen LogP contribution in [0.3, 0.4) is 0 Å². The van der Waals surface area contributed by atoms with E-state index in [9.17, 15) is 0 Å². The molecule has 0 fully saturated rings. The predicted molar refractivity (Wildman–Crippen MR) is 233 cm³/mol. The van der Waals surface area contributed by atoms with Crippen molar-refractivity contribution in [3.05, 3.63) is 194 Å². The first kappa shape index (κ1) is 33.4. The first-order chi connectivity index (χ1) is 28.7. The lowest BCUT2D eigenvalue weighted by atomic mass is 9.97. The summed E-state index contributed by atoms with van der Waals surface area (Å²) in [5.41, 5.74) is 13.3. The highest BCUT2D eigenvalue weighted by molar-refractivity contribution is 6.06. The summed E-state index contributed by atoms with van der Waals surface area (Å²) in [4.78, 5) is 20.2. The van der Waals surface area contributed by atoms with E-state index in [1.165, 1.54) is 0 Å². The van der Waals surface area contributed by atoms with Gasteiger partial charge in [-0.2, -0.15) is 0 Å². The SMILES string of the molecule is c1ccc(-c2ccc(-c3nc(-c4cccc(-c5cccc(-c6cccc7oc(-c8ccccc8)nc67)c5)c4)nc(-c4ccc5oc6ccccc6c5c4)n3)cc2)cc1. The molecule has 58 heavy (non-hydrogen) atoms. The van der Waals surface area contributed by atoms with Gasteiger partial charge in [-0.3, -0.25) is 0 Å². The molecule has 0 saturated carbocycles. The van der Waals surface area contributed by atoms with E-state index < -0.39 is 0 Å². The molecule has 6 heteroatoms. The molecule has 0 amide bonds. The molecule has 0 atom stereocenters. The van der Waals surface area contributed by atoms with Crippen molar-refractivity contribution >= 4 is 33.0 Å². The number of hydrogen-bond donors (Lipinski definition) is 0. The van der Waals surface area contributed by atoms with Gasteiger partial charge in [-0.25, -0.2) is 19.9 Å². The summed E-state index contributed by atoms with van der Waals surface area (Å²) < 4.78 is 12.4. The van der Waals surface area contributed by atoms with Crippen LogP contribution in [-0.2, 0) is 0 Å². The number of para-hydroxylation sites is 2. The summed E-state index contributed by atoms with van der Waals surface area (Å²) in [6.07, 6.45) is 0. The lowest BCUT2D eigenvalue weighted by Gasteiger charge is -2.11. The second kappa shape index (κ2) is 14.0. The Morgan fingerprint density at radius 2 is 0.776 bits per heavy atom. The van der Waals surface area contributed by atoms with Gasteiger partial charge < -0.3 is 8.83 Å². The van der Waals surface area contributed by atoms with Gasteiger partial charge in [0.2, 0.25) is 5.89 Å². The monoisotopic (exact) mass is 744 g/mol. The third-order valence-corrected chi connectivity index (χ3v) is 10.6. The normalized spacial score (nSPS) is 11.4. The van der Waals surface area contributed by atoms with Crippen molar-refractivity contribution in [2.75, 3.05) is 0 Å². The van der Waals surface area contributed by atoms with Crippen molar-refractivity contribution in [3.8, 4) is 79.0 Å². The van der Waals surface area contributed by atoms with Gasteiger partial charge >= 0.3 is 0 Å². The van der Waals surface area contributed by atoms with E-state index in [4.69, 9.17) is 28.8 Å². The molecule has 0 radical (unpaired) electrons. The fraction of sp³-hybridized carbons (Fsp3) is 0. The number of hydrogen-bond acceptors (Lipinski definition) is 6. The fourth-order valence-corrected chi connectivity index (χ4v) is 7.66. The maximum atomic E-state index is 6.21. The Kier molecular flexibility index (Phi) is 8.04. The summed E-state index contributed by atoms with van der Waals surface area (Å²) in [5, 5.41) is 2.07. The van der Waals surface area contributed by atoms with Crippen molar-refractivity contribution in [2.45, 2.75) is 0 Å². The maximum absolute atomic E-state index is 6.21. The van der Waals surface area contributed by atoms with Gasteiger partial charge in [-0.05, 0) is 82.4 Å². The molecule has 11 rings (SSSR count). The van der Waals surface area contributed by atoms with Gasteiger partial charge in [0.1, 0.15) is 16.7 Å². The standard InChI is InChI=1S/C52H32N4O2/c1-3-12-33(13-4-1)34-24-26-35(27-25-34)49-54-50(56-51(55-49)41-28-29-46-44(32-41)43-20-7-8-22-45(43)57-46)40-19-10-17-38(31-40)37-16-9-18-39(30-37)42-21-11-23-47-48(42)53-52(58-47)36-14-5-2-6-15-36/h1-32H. The summed E-state index contributed by atoms with van der Waals surface area (Å²) in [5.74, 6) is 2.37. The lowest BCUT2D eigenvalue weighted by molar-refractivity contribution is 0.620. The van der Waals surface area contributed by atoms with Crippen molar-refractivity contribution in [3.63, 3.8) is 0 Å². The van der Waals surface area contributed by atoms with E-state index in [2.05, 4.69) is 115 Å². The topological polar surface area (TPSA) is 77.8 Å². The minimum Gasteiger partial charge on any atom is -0.456 e. The second-order valence-electron chi connectivity index (χ2n) is 14.3. The number of aromatic nitrogens is 4. The minimum absolute atomic E-state index is 0.585. The third kappa shape index (κ3) is 6.10. The molecule has 0 unspecified atom stereocenters. The van der Waals surface area contributed by atoms with Crippen molar-refractivity contribution in [2.24, 2.45) is 0 Å². The van der Waals surface area contributed by atoms with Crippen LogP contribution >= 0.6 is 0 Å².